The van der Waals surface area contributed by atoms with E-state index in [-0.39, 0.29) is 0 Å². The number of hydrogen-bond acceptors (Lipinski definition) is 3. The molecule has 1 aliphatic heterocycles. The molecule has 0 radical (unpaired) electrons. The summed E-state index contributed by atoms with van der Waals surface area (Å²) in [6, 6.07) is 8.09. The predicted molar refractivity (Wildman–Crippen MR) is 75.3 cm³/mol. The molecule has 0 bridgehead atoms. The molecule has 3 rings (SSSR count). The molecule has 0 saturated carbocycles. The first-order valence-corrected chi connectivity index (χ1v) is 6.77. The van der Waals surface area contributed by atoms with E-state index in [1.54, 1.807) is 7.11 Å². The Hall–Kier alpha value is -1.81. The maximum absolute atomic E-state index is 5.46. The Labute approximate surface area is 113 Å². The van der Waals surface area contributed by atoms with Crippen LogP contribution in [0.4, 0.5) is 0 Å². The van der Waals surface area contributed by atoms with Gasteiger partial charge in [-0.2, -0.15) is 0 Å². The van der Waals surface area contributed by atoms with Crippen molar-refractivity contribution in [2.24, 2.45) is 0 Å². The molecule has 0 spiro atoms. The summed E-state index contributed by atoms with van der Waals surface area (Å²) < 4.78 is 7.79. The van der Waals surface area contributed by atoms with Crippen molar-refractivity contribution in [3.8, 4) is 17.1 Å². The van der Waals surface area contributed by atoms with Crippen molar-refractivity contribution < 1.29 is 4.74 Å². The Morgan fingerprint density at radius 1 is 1.37 bits per heavy atom. The number of aryl methyl sites for hydroxylation is 1. The molecule has 0 aliphatic carbocycles. The van der Waals surface area contributed by atoms with Crippen molar-refractivity contribution in [1.82, 2.24) is 14.9 Å². The topological polar surface area (TPSA) is 39.1 Å². The van der Waals surface area contributed by atoms with Crippen LogP contribution < -0.4 is 10.1 Å². The predicted octanol–water partition coefficient (Wildman–Crippen LogP) is 2.22. The van der Waals surface area contributed by atoms with Gasteiger partial charge in [0.15, 0.2) is 0 Å². The zero-order chi connectivity index (χ0) is 13.2. The van der Waals surface area contributed by atoms with Gasteiger partial charge in [-0.3, -0.25) is 0 Å². The summed E-state index contributed by atoms with van der Waals surface area (Å²) in [7, 11) is 1.71. The first-order chi connectivity index (χ1) is 9.35. The summed E-state index contributed by atoms with van der Waals surface area (Å²) in [6.07, 6.45) is 0.964. The third-order valence-corrected chi connectivity index (χ3v) is 3.64. The van der Waals surface area contributed by atoms with Crippen LogP contribution in [0.5, 0.6) is 5.75 Å². The highest BCUT2D eigenvalue weighted by atomic mass is 16.5. The number of benzene rings is 1. The van der Waals surface area contributed by atoms with Gasteiger partial charge in [0.05, 0.1) is 24.1 Å². The number of nitrogens with one attached hydrogen (secondary N) is 1. The number of imidazole rings is 1. The van der Waals surface area contributed by atoms with Gasteiger partial charge >= 0.3 is 0 Å². The van der Waals surface area contributed by atoms with E-state index in [4.69, 9.17) is 9.72 Å². The molecule has 0 atom stereocenters. The van der Waals surface area contributed by atoms with Crippen LogP contribution in [0.1, 0.15) is 18.3 Å². The fourth-order valence-electron chi connectivity index (χ4n) is 2.69. The van der Waals surface area contributed by atoms with Crippen LogP contribution in [0.25, 0.3) is 11.4 Å². The number of rotatable bonds is 3. The van der Waals surface area contributed by atoms with Crippen LogP contribution >= 0.6 is 0 Å². The number of nitrogens with zero attached hydrogens (tertiary/aromatic N) is 2. The van der Waals surface area contributed by atoms with E-state index in [0.717, 1.165) is 43.2 Å². The minimum absolute atomic E-state index is 0.886. The van der Waals surface area contributed by atoms with Crippen molar-refractivity contribution in [3.63, 3.8) is 0 Å². The van der Waals surface area contributed by atoms with E-state index < -0.39 is 0 Å². The molecular weight excluding hydrogens is 238 g/mol. The first kappa shape index (κ1) is 12.2. The largest absolute Gasteiger partial charge is 0.496 e. The lowest BCUT2D eigenvalue weighted by atomic mass is 10.2. The molecule has 19 heavy (non-hydrogen) atoms. The van der Waals surface area contributed by atoms with E-state index in [1.807, 2.05) is 18.2 Å². The average Bonchev–Trinajstić information content (AvgIpc) is 2.86. The second kappa shape index (κ2) is 5.05. The Morgan fingerprint density at radius 3 is 3.00 bits per heavy atom. The van der Waals surface area contributed by atoms with Crippen molar-refractivity contribution in [1.29, 1.82) is 0 Å². The molecule has 1 aromatic carbocycles. The number of para-hydroxylation sites is 1. The lowest BCUT2D eigenvalue weighted by Gasteiger charge is -2.19. The van der Waals surface area contributed by atoms with Gasteiger partial charge in [0.25, 0.3) is 0 Å². The smallest absolute Gasteiger partial charge is 0.144 e. The summed E-state index contributed by atoms with van der Waals surface area (Å²) in [5.41, 5.74) is 3.58. The zero-order valence-electron chi connectivity index (χ0n) is 11.4. The number of fused-ring (bicyclic) bond motifs is 1. The van der Waals surface area contributed by atoms with Crippen LogP contribution in [-0.2, 0) is 19.5 Å². The van der Waals surface area contributed by atoms with Crippen LogP contribution in [-0.4, -0.2) is 23.2 Å². The quantitative estimate of drug-likeness (QED) is 0.916. The van der Waals surface area contributed by atoms with Gasteiger partial charge in [-0.1, -0.05) is 19.1 Å². The van der Waals surface area contributed by atoms with Gasteiger partial charge in [-0.15, -0.1) is 0 Å². The van der Waals surface area contributed by atoms with Gasteiger partial charge in [0, 0.05) is 19.6 Å². The summed E-state index contributed by atoms with van der Waals surface area (Å²) in [5.74, 6) is 1.92. The molecule has 4 heteroatoms. The summed E-state index contributed by atoms with van der Waals surface area (Å²) in [4.78, 5) is 4.83. The standard InChI is InChI=1S/C15H19N3O/c1-3-12-13-10-16-8-9-18(13)15(17-12)11-6-4-5-7-14(11)19-2/h4-7,16H,3,8-10H2,1-2H3. The van der Waals surface area contributed by atoms with E-state index in [0.29, 0.717) is 0 Å². The molecule has 0 saturated heterocycles. The van der Waals surface area contributed by atoms with E-state index in [1.165, 1.54) is 11.4 Å². The first-order valence-electron chi connectivity index (χ1n) is 6.77. The molecule has 2 aromatic rings. The monoisotopic (exact) mass is 257 g/mol. The Balaban J connectivity index is 2.17. The Bertz CT molecular complexity index is 589. The number of hydrogen-bond donors (Lipinski definition) is 1. The van der Waals surface area contributed by atoms with Crippen LogP contribution in [0.2, 0.25) is 0 Å². The molecule has 4 nitrogen and oxygen atoms in total. The third-order valence-electron chi connectivity index (χ3n) is 3.64. The zero-order valence-corrected chi connectivity index (χ0v) is 11.4. The molecule has 0 amide bonds. The van der Waals surface area contributed by atoms with Gasteiger partial charge in [0.2, 0.25) is 0 Å². The molecular formula is C15H19N3O. The average molecular weight is 257 g/mol. The van der Waals surface area contributed by atoms with Crippen molar-refractivity contribution in [2.45, 2.75) is 26.4 Å². The minimum atomic E-state index is 0.886. The van der Waals surface area contributed by atoms with Gasteiger partial charge in [0.1, 0.15) is 11.6 Å². The highest BCUT2D eigenvalue weighted by Gasteiger charge is 2.21. The molecule has 1 N–H and O–H groups in total. The number of aromatic nitrogens is 2. The summed E-state index contributed by atoms with van der Waals surface area (Å²) >= 11 is 0. The molecule has 0 fully saturated rings. The normalized spacial score (nSPS) is 14.2. The second-order valence-corrected chi connectivity index (χ2v) is 4.71. The maximum atomic E-state index is 5.46. The fourth-order valence-corrected chi connectivity index (χ4v) is 2.69. The lowest BCUT2D eigenvalue weighted by Crippen LogP contribution is -2.28. The maximum Gasteiger partial charge on any atom is 0.144 e. The van der Waals surface area contributed by atoms with Gasteiger partial charge in [-0.05, 0) is 18.6 Å². The fraction of sp³-hybridized carbons (Fsp3) is 0.400. The highest BCUT2D eigenvalue weighted by Crippen LogP contribution is 2.31. The number of methoxy groups -OCH3 is 1. The summed E-state index contributed by atoms with van der Waals surface area (Å²) in [6.45, 7) is 5.03. The molecule has 2 heterocycles. The SMILES string of the molecule is CCc1nc(-c2ccccc2OC)n2c1CNCC2. The third kappa shape index (κ3) is 2.02. The van der Waals surface area contributed by atoms with E-state index in [9.17, 15) is 0 Å². The van der Waals surface area contributed by atoms with Crippen LogP contribution in [0.15, 0.2) is 24.3 Å². The Kier molecular flexibility index (Phi) is 3.25. The van der Waals surface area contributed by atoms with Gasteiger partial charge in [-0.25, -0.2) is 4.98 Å². The highest BCUT2D eigenvalue weighted by molar-refractivity contribution is 5.65. The Morgan fingerprint density at radius 2 is 2.21 bits per heavy atom. The van der Waals surface area contributed by atoms with Crippen LogP contribution in [0.3, 0.4) is 0 Å². The van der Waals surface area contributed by atoms with Crippen molar-refractivity contribution in [2.75, 3.05) is 13.7 Å². The summed E-state index contributed by atoms with van der Waals surface area (Å²) in [5, 5.41) is 3.42. The van der Waals surface area contributed by atoms with Gasteiger partial charge < -0.3 is 14.6 Å². The molecule has 1 aliphatic rings. The number of ether oxygens (including phenoxy) is 1. The van der Waals surface area contributed by atoms with Crippen LogP contribution in [0, 0.1) is 0 Å². The lowest BCUT2D eigenvalue weighted by molar-refractivity contribution is 0.415. The van der Waals surface area contributed by atoms with Crippen molar-refractivity contribution in [3.05, 3.63) is 35.7 Å². The van der Waals surface area contributed by atoms with Crippen molar-refractivity contribution >= 4 is 0 Å². The molecule has 1 aromatic heterocycles. The van der Waals surface area contributed by atoms with E-state index in [2.05, 4.69) is 22.9 Å². The second-order valence-electron chi connectivity index (χ2n) is 4.71. The minimum Gasteiger partial charge on any atom is -0.496 e. The van der Waals surface area contributed by atoms with E-state index >= 15 is 0 Å². The molecule has 100 valence electrons. The molecule has 0 unspecified atom stereocenters.